The lowest BCUT2D eigenvalue weighted by Crippen LogP contribution is -2.38. The highest BCUT2D eigenvalue weighted by Gasteiger charge is 1.98. The fourth-order valence-corrected chi connectivity index (χ4v) is 1.17. The normalized spacial score (nSPS) is 10.4. The van der Waals surface area contributed by atoms with Gasteiger partial charge in [0, 0.05) is 13.1 Å². The fourth-order valence-electron chi connectivity index (χ4n) is 1.17. The zero-order valence-electron chi connectivity index (χ0n) is 9.71. The molecule has 0 saturated heterocycles. The van der Waals surface area contributed by atoms with Crippen LogP contribution in [0, 0.1) is 5.92 Å². The molecule has 0 rings (SSSR count). The molecule has 0 spiro atoms. The van der Waals surface area contributed by atoms with E-state index in [0.29, 0.717) is 13.2 Å². The summed E-state index contributed by atoms with van der Waals surface area (Å²) < 4.78 is 0. The van der Waals surface area contributed by atoms with Gasteiger partial charge in [-0.25, -0.2) is 10.7 Å². The highest BCUT2D eigenvalue weighted by atomic mass is 16.6. The minimum atomic E-state index is -0.156. The Bertz CT molecular complexity index is 163. The van der Waals surface area contributed by atoms with E-state index in [0.717, 1.165) is 25.3 Å². The van der Waals surface area contributed by atoms with Crippen molar-refractivity contribution in [3.63, 3.8) is 0 Å². The van der Waals surface area contributed by atoms with E-state index in [9.17, 15) is 4.79 Å². The van der Waals surface area contributed by atoms with E-state index in [1.165, 1.54) is 6.42 Å². The van der Waals surface area contributed by atoms with E-state index < -0.39 is 0 Å². The average Bonchev–Trinajstić information content (AvgIpc) is 2.17. The second-order valence-corrected chi connectivity index (χ2v) is 3.94. The van der Waals surface area contributed by atoms with Crippen molar-refractivity contribution in [1.29, 1.82) is 0 Å². The van der Waals surface area contributed by atoms with Crippen LogP contribution in [0.2, 0.25) is 0 Å². The van der Waals surface area contributed by atoms with E-state index in [1.54, 1.807) is 0 Å². The molecule has 0 saturated carbocycles. The number of hydrogen-bond donors (Lipinski definition) is 3. The molecule has 4 N–H and O–H groups in total. The van der Waals surface area contributed by atoms with Gasteiger partial charge < -0.3 is 15.5 Å². The van der Waals surface area contributed by atoms with E-state index in [1.807, 2.05) is 0 Å². The van der Waals surface area contributed by atoms with Crippen molar-refractivity contribution in [3.05, 3.63) is 0 Å². The first-order chi connectivity index (χ1) is 7.16. The first-order valence-corrected chi connectivity index (χ1v) is 5.50. The summed E-state index contributed by atoms with van der Waals surface area (Å²) in [7, 11) is 0. The molecule has 0 aliphatic carbocycles. The number of urea groups is 1. The van der Waals surface area contributed by atoms with Crippen molar-refractivity contribution >= 4 is 6.03 Å². The Morgan fingerprint density at radius 1 is 1.27 bits per heavy atom. The number of hydrogen-bond acceptors (Lipinski definition) is 3. The van der Waals surface area contributed by atoms with Crippen LogP contribution < -0.4 is 16.5 Å². The van der Waals surface area contributed by atoms with Gasteiger partial charge in [0.05, 0.1) is 6.61 Å². The number of carbonyl (C=O) groups excluding carboxylic acids is 1. The SMILES string of the molecule is CC(C)CCCCNC(=O)NCCON. The standard InChI is InChI=1S/C10H23N3O2/c1-9(2)5-3-4-6-12-10(14)13-7-8-15-11/h9H,3-8,11H2,1-2H3,(H2,12,13,14). The summed E-state index contributed by atoms with van der Waals surface area (Å²) in [5, 5.41) is 5.40. The van der Waals surface area contributed by atoms with E-state index in [-0.39, 0.29) is 6.03 Å². The van der Waals surface area contributed by atoms with E-state index in [4.69, 9.17) is 5.90 Å². The first kappa shape index (κ1) is 14.2. The molecular formula is C10H23N3O2. The number of nitrogens with two attached hydrogens (primary N) is 1. The zero-order chi connectivity index (χ0) is 11.5. The lowest BCUT2D eigenvalue weighted by atomic mass is 10.1. The van der Waals surface area contributed by atoms with Crippen LogP contribution in [0.5, 0.6) is 0 Å². The van der Waals surface area contributed by atoms with Crippen LogP contribution in [0.15, 0.2) is 0 Å². The Morgan fingerprint density at radius 2 is 1.93 bits per heavy atom. The third-order valence-electron chi connectivity index (χ3n) is 2.00. The number of unbranched alkanes of at least 4 members (excludes halogenated alkanes) is 1. The maximum atomic E-state index is 11.1. The van der Waals surface area contributed by atoms with Gasteiger partial charge in [0.2, 0.25) is 0 Å². The van der Waals surface area contributed by atoms with Crippen LogP contribution in [0.1, 0.15) is 33.1 Å². The van der Waals surface area contributed by atoms with Crippen LogP contribution in [0.3, 0.4) is 0 Å². The molecule has 0 aromatic carbocycles. The monoisotopic (exact) mass is 217 g/mol. The highest BCUT2D eigenvalue weighted by Crippen LogP contribution is 2.04. The molecule has 0 aliphatic heterocycles. The third kappa shape index (κ3) is 11.1. The number of nitrogens with one attached hydrogen (secondary N) is 2. The van der Waals surface area contributed by atoms with Gasteiger partial charge in [-0.05, 0) is 12.3 Å². The molecular weight excluding hydrogens is 194 g/mol. The van der Waals surface area contributed by atoms with Crippen molar-refractivity contribution in [2.24, 2.45) is 11.8 Å². The lowest BCUT2D eigenvalue weighted by Gasteiger charge is -2.07. The molecule has 0 heterocycles. The average molecular weight is 217 g/mol. The number of rotatable bonds is 8. The summed E-state index contributed by atoms with van der Waals surface area (Å²) >= 11 is 0. The minimum Gasteiger partial charge on any atom is -0.338 e. The topological polar surface area (TPSA) is 76.4 Å². The fraction of sp³-hybridized carbons (Fsp3) is 0.900. The number of amides is 2. The van der Waals surface area contributed by atoms with Crippen molar-refractivity contribution in [3.8, 4) is 0 Å². The Morgan fingerprint density at radius 3 is 2.53 bits per heavy atom. The molecule has 0 radical (unpaired) electrons. The van der Waals surface area contributed by atoms with Crippen molar-refractivity contribution in [2.75, 3.05) is 19.7 Å². The Kier molecular flexibility index (Phi) is 9.21. The molecule has 0 aromatic rings. The van der Waals surface area contributed by atoms with Gasteiger partial charge in [-0.2, -0.15) is 0 Å². The Balaban J connectivity index is 3.17. The molecule has 0 aromatic heterocycles. The largest absolute Gasteiger partial charge is 0.338 e. The van der Waals surface area contributed by atoms with Gasteiger partial charge in [-0.15, -0.1) is 0 Å². The Labute approximate surface area is 91.7 Å². The van der Waals surface area contributed by atoms with Crippen LogP contribution in [-0.4, -0.2) is 25.7 Å². The summed E-state index contributed by atoms with van der Waals surface area (Å²) in [5.41, 5.74) is 0. The minimum absolute atomic E-state index is 0.156. The van der Waals surface area contributed by atoms with Crippen molar-refractivity contribution in [1.82, 2.24) is 10.6 Å². The summed E-state index contributed by atoms with van der Waals surface area (Å²) in [6.07, 6.45) is 3.40. The molecule has 5 nitrogen and oxygen atoms in total. The van der Waals surface area contributed by atoms with Gasteiger partial charge in [-0.3, -0.25) is 0 Å². The third-order valence-corrected chi connectivity index (χ3v) is 2.00. The van der Waals surface area contributed by atoms with E-state index in [2.05, 4.69) is 29.3 Å². The zero-order valence-corrected chi connectivity index (χ0v) is 9.71. The highest BCUT2D eigenvalue weighted by molar-refractivity contribution is 5.73. The van der Waals surface area contributed by atoms with E-state index >= 15 is 0 Å². The summed E-state index contributed by atoms with van der Waals surface area (Å²) in [6.45, 7) is 5.90. The molecule has 2 amide bonds. The number of carbonyl (C=O) groups is 1. The van der Waals surface area contributed by atoms with Gasteiger partial charge >= 0.3 is 6.03 Å². The molecule has 0 atom stereocenters. The van der Waals surface area contributed by atoms with Gasteiger partial charge in [0.15, 0.2) is 0 Å². The van der Waals surface area contributed by atoms with Gasteiger partial charge in [0.1, 0.15) is 0 Å². The predicted octanol–water partition coefficient (Wildman–Crippen LogP) is 1.00. The molecule has 5 heteroatoms. The predicted molar refractivity (Wildman–Crippen MR) is 60.2 cm³/mol. The van der Waals surface area contributed by atoms with Crippen molar-refractivity contribution < 1.29 is 9.63 Å². The molecule has 90 valence electrons. The quantitative estimate of drug-likeness (QED) is 0.419. The molecule has 0 fully saturated rings. The van der Waals surface area contributed by atoms with Gasteiger partial charge in [0.25, 0.3) is 0 Å². The molecule has 0 bridgehead atoms. The van der Waals surface area contributed by atoms with Crippen molar-refractivity contribution in [2.45, 2.75) is 33.1 Å². The van der Waals surface area contributed by atoms with Crippen LogP contribution >= 0.6 is 0 Å². The van der Waals surface area contributed by atoms with Crippen LogP contribution in [0.4, 0.5) is 4.79 Å². The maximum absolute atomic E-state index is 11.1. The molecule has 15 heavy (non-hydrogen) atoms. The second kappa shape index (κ2) is 9.73. The van der Waals surface area contributed by atoms with Gasteiger partial charge in [-0.1, -0.05) is 26.7 Å². The summed E-state index contributed by atoms with van der Waals surface area (Å²) in [4.78, 5) is 15.4. The molecule has 0 unspecified atom stereocenters. The summed E-state index contributed by atoms with van der Waals surface area (Å²) in [5.74, 6) is 5.55. The second-order valence-electron chi connectivity index (χ2n) is 3.94. The lowest BCUT2D eigenvalue weighted by molar-refractivity contribution is 0.140. The first-order valence-electron chi connectivity index (χ1n) is 5.50. The maximum Gasteiger partial charge on any atom is 0.314 e. The van der Waals surface area contributed by atoms with Crippen LogP contribution in [-0.2, 0) is 4.84 Å². The molecule has 0 aliphatic rings. The summed E-state index contributed by atoms with van der Waals surface area (Å²) in [6, 6.07) is -0.156. The van der Waals surface area contributed by atoms with Crippen LogP contribution in [0.25, 0.3) is 0 Å². The Hall–Kier alpha value is -0.810. The smallest absolute Gasteiger partial charge is 0.314 e.